The summed E-state index contributed by atoms with van der Waals surface area (Å²) in [5.41, 5.74) is 3.25. The maximum absolute atomic E-state index is 12.9. The van der Waals surface area contributed by atoms with Crippen LogP contribution in [0.1, 0.15) is 23.6 Å². The molecule has 6 heteroatoms. The Morgan fingerprint density at radius 3 is 2.67 bits per heavy atom. The van der Waals surface area contributed by atoms with Gasteiger partial charge in [0.2, 0.25) is 0 Å². The Kier molecular flexibility index (Phi) is 5.54. The van der Waals surface area contributed by atoms with Gasteiger partial charge in [-0.2, -0.15) is 0 Å². The van der Waals surface area contributed by atoms with Gasteiger partial charge in [0.25, 0.3) is 5.91 Å². The Morgan fingerprint density at radius 1 is 1.19 bits per heavy atom. The Hall–Kier alpha value is -3.15. The molecule has 0 fully saturated rings. The van der Waals surface area contributed by atoms with Crippen molar-refractivity contribution < 1.29 is 23.1 Å². The largest absolute Gasteiger partial charge is 0.464 e. The second kappa shape index (κ2) is 8.03. The SMILES string of the molecule is Cc1ccc2c(CC(=O)O[C@H](C)C(=O)NCc3ccc(F)cc3)coc2c1. The Labute approximate surface area is 156 Å². The highest BCUT2D eigenvalue weighted by atomic mass is 19.1. The number of amides is 1. The monoisotopic (exact) mass is 369 g/mol. The van der Waals surface area contributed by atoms with Crippen LogP contribution in [0.25, 0.3) is 11.0 Å². The number of nitrogens with one attached hydrogen (secondary N) is 1. The predicted molar refractivity (Wildman–Crippen MR) is 98.5 cm³/mol. The van der Waals surface area contributed by atoms with Gasteiger partial charge in [-0.05, 0) is 43.2 Å². The van der Waals surface area contributed by atoms with E-state index in [9.17, 15) is 14.0 Å². The first-order chi connectivity index (χ1) is 12.9. The van der Waals surface area contributed by atoms with Gasteiger partial charge in [-0.3, -0.25) is 9.59 Å². The zero-order valence-corrected chi connectivity index (χ0v) is 15.1. The molecule has 0 saturated heterocycles. The van der Waals surface area contributed by atoms with Crippen molar-refractivity contribution >= 4 is 22.8 Å². The summed E-state index contributed by atoms with van der Waals surface area (Å²) in [6.45, 7) is 3.70. The average molecular weight is 369 g/mol. The third kappa shape index (κ3) is 4.73. The first-order valence-electron chi connectivity index (χ1n) is 8.61. The van der Waals surface area contributed by atoms with Gasteiger partial charge in [0.15, 0.2) is 6.10 Å². The molecule has 1 atom stereocenters. The summed E-state index contributed by atoms with van der Waals surface area (Å²) in [6.07, 6.45) is 0.620. The number of carbonyl (C=O) groups excluding carboxylic acids is 2. The van der Waals surface area contributed by atoms with Crippen LogP contribution < -0.4 is 5.32 Å². The quantitative estimate of drug-likeness (QED) is 0.673. The predicted octanol–water partition coefficient (Wildman–Crippen LogP) is 3.67. The zero-order chi connectivity index (χ0) is 19.4. The molecule has 1 aromatic heterocycles. The highest BCUT2D eigenvalue weighted by Crippen LogP contribution is 2.23. The summed E-state index contributed by atoms with van der Waals surface area (Å²) in [6, 6.07) is 11.5. The van der Waals surface area contributed by atoms with Crippen LogP contribution in [0.3, 0.4) is 0 Å². The molecule has 0 radical (unpaired) electrons. The van der Waals surface area contributed by atoms with Gasteiger partial charge in [0.1, 0.15) is 11.4 Å². The van der Waals surface area contributed by atoms with E-state index in [4.69, 9.17) is 9.15 Å². The number of benzene rings is 2. The standard InChI is InChI=1S/C21H20FNO4/c1-13-3-8-18-16(12-26-19(18)9-13)10-20(24)27-14(2)21(25)23-11-15-4-6-17(22)7-5-15/h3-9,12,14H,10-11H2,1-2H3,(H,23,25)/t14-/m1/s1. The van der Waals surface area contributed by atoms with Crippen LogP contribution in [-0.2, 0) is 27.3 Å². The molecule has 3 aromatic rings. The average Bonchev–Trinajstić information content (AvgIpc) is 3.02. The van der Waals surface area contributed by atoms with E-state index >= 15 is 0 Å². The van der Waals surface area contributed by atoms with Crippen molar-refractivity contribution in [3.8, 4) is 0 Å². The van der Waals surface area contributed by atoms with Gasteiger partial charge in [0.05, 0.1) is 12.7 Å². The topological polar surface area (TPSA) is 68.5 Å². The van der Waals surface area contributed by atoms with Gasteiger partial charge in [-0.1, -0.05) is 24.3 Å². The van der Waals surface area contributed by atoms with Crippen molar-refractivity contribution in [1.82, 2.24) is 5.32 Å². The fraction of sp³-hybridized carbons (Fsp3) is 0.238. The maximum atomic E-state index is 12.9. The molecule has 0 spiro atoms. The van der Waals surface area contributed by atoms with Crippen molar-refractivity contribution in [2.75, 3.05) is 0 Å². The Morgan fingerprint density at radius 2 is 1.93 bits per heavy atom. The van der Waals surface area contributed by atoms with E-state index in [2.05, 4.69) is 5.32 Å². The molecular weight excluding hydrogens is 349 g/mol. The first-order valence-corrected chi connectivity index (χ1v) is 8.61. The smallest absolute Gasteiger partial charge is 0.311 e. The molecular formula is C21H20FNO4. The lowest BCUT2D eigenvalue weighted by atomic mass is 10.1. The van der Waals surface area contributed by atoms with E-state index < -0.39 is 18.0 Å². The van der Waals surface area contributed by atoms with E-state index in [1.807, 2.05) is 25.1 Å². The molecule has 3 rings (SSSR count). The molecule has 140 valence electrons. The number of esters is 1. The molecule has 0 aliphatic heterocycles. The Balaban J connectivity index is 1.53. The number of hydrogen-bond acceptors (Lipinski definition) is 4. The highest BCUT2D eigenvalue weighted by molar-refractivity contribution is 5.88. The van der Waals surface area contributed by atoms with Crippen LogP contribution >= 0.6 is 0 Å². The molecule has 1 heterocycles. The number of aryl methyl sites for hydroxylation is 1. The number of fused-ring (bicyclic) bond motifs is 1. The molecule has 0 bridgehead atoms. The molecule has 27 heavy (non-hydrogen) atoms. The minimum Gasteiger partial charge on any atom is -0.464 e. The molecule has 0 unspecified atom stereocenters. The molecule has 5 nitrogen and oxygen atoms in total. The summed E-state index contributed by atoms with van der Waals surface area (Å²) in [5, 5.41) is 3.51. The third-order valence-electron chi connectivity index (χ3n) is 4.20. The van der Waals surface area contributed by atoms with Crippen LogP contribution in [0, 0.1) is 12.7 Å². The summed E-state index contributed by atoms with van der Waals surface area (Å²) >= 11 is 0. The Bertz CT molecular complexity index is 962. The van der Waals surface area contributed by atoms with Crippen molar-refractivity contribution in [2.45, 2.75) is 32.9 Å². The maximum Gasteiger partial charge on any atom is 0.311 e. The summed E-state index contributed by atoms with van der Waals surface area (Å²) in [5.74, 6) is -1.27. The van der Waals surface area contributed by atoms with Crippen LogP contribution in [0.15, 0.2) is 53.1 Å². The fourth-order valence-electron chi connectivity index (χ4n) is 2.71. The van der Waals surface area contributed by atoms with Gasteiger partial charge in [0, 0.05) is 17.5 Å². The lowest BCUT2D eigenvalue weighted by Gasteiger charge is -2.13. The van der Waals surface area contributed by atoms with Crippen LogP contribution in [-0.4, -0.2) is 18.0 Å². The van der Waals surface area contributed by atoms with Gasteiger partial charge >= 0.3 is 5.97 Å². The molecule has 0 aliphatic rings. The van der Waals surface area contributed by atoms with Gasteiger partial charge in [-0.15, -0.1) is 0 Å². The van der Waals surface area contributed by atoms with E-state index in [0.29, 0.717) is 11.1 Å². The minimum absolute atomic E-state index is 0.0195. The normalized spacial score (nSPS) is 12.0. The highest BCUT2D eigenvalue weighted by Gasteiger charge is 2.19. The van der Waals surface area contributed by atoms with Crippen molar-refractivity contribution in [2.24, 2.45) is 0 Å². The number of rotatable bonds is 6. The second-order valence-electron chi connectivity index (χ2n) is 6.41. The third-order valence-corrected chi connectivity index (χ3v) is 4.20. The summed E-state index contributed by atoms with van der Waals surface area (Å²) in [7, 11) is 0. The van der Waals surface area contributed by atoms with Crippen LogP contribution in [0.5, 0.6) is 0 Å². The summed E-state index contributed by atoms with van der Waals surface area (Å²) < 4.78 is 23.6. The van der Waals surface area contributed by atoms with E-state index in [0.717, 1.165) is 16.5 Å². The molecule has 0 saturated carbocycles. The van der Waals surface area contributed by atoms with Crippen LogP contribution in [0.2, 0.25) is 0 Å². The van der Waals surface area contributed by atoms with Gasteiger partial charge in [-0.25, -0.2) is 4.39 Å². The van der Waals surface area contributed by atoms with E-state index in [1.54, 1.807) is 12.1 Å². The van der Waals surface area contributed by atoms with Crippen molar-refractivity contribution in [3.63, 3.8) is 0 Å². The van der Waals surface area contributed by atoms with Crippen molar-refractivity contribution in [3.05, 3.63) is 71.2 Å². The first kappa shape index (κ1) is 18.6. The van der Waals surface area contributed by atoms with E-state index in [1.165, 1.54) is 25.3 Å². The number of carbonyl (C=O) groups is 2. The number of halogens is 1. The van der Waals surface area contributed by atoms with Crippen LogP contribution in [0.4, 0.5) is 4.39 Å². The molecule has 0 aliphatic carbocycles. The fourth-order valence-corrected chi connectivity index (χ4v) is 2.71. The molecule has 1 N–H and O–H groups in total. The minimum atomic E-state index is -0.932. The number of hydrogen-bond donors (Lipinski definition) is 1. The molecule has 1 amide bonds. The second-order valence-corrected chi connectivity index (χ2v) is 6.41. The summed E-state index contributed by atoms with van der Waals surface area (Å²) in [4.78, 5) is 24.3. The number of furan rings is 1. The number of ether oxygens (including phenoxy) is 1. The lowest BCUT2D eigenvalue weighted by Crippen LogP contribution is -2.35. The zero-order valence-electron chi connectivity index (χ0n) is 15.1. The lowest BCUT2D eigenvalue weighted by molar-refractivity contribution is -0.154. The van der Waals surface area contributed by atoms with E-state index in [-0.39, 0.29) is 18.8 Å². The molecule has 2 aromatic carbocycles. The van der Waals surface area contributed by atoms with Crippen molar-refractivity contribution in [1.29, 1.82) is 0 Å². The van der Waals surface area contributed by atoms with Gasteiger partial charge < -0.3 is 14.5 Å².